The van der Waals surface area contributed by atoms with E-state index in [1.807, 2.05) is 12.1 Å². The molecule has 1 aromatic carbocycles. The highest BCUT2D eigenvalue weighted by Gasteiger charge is 2.28. The number of pyridine rings is 1. The first-order valence-corrected chi connectivity index (χ1v) is 11.2. The molecule has 3 rings (SSSR count). The van der Waals surface area contributed by atoms with Crippen LogP contribution in [0, 0.1) is 5.92 Å². The molecule has 0 radical (unpaired) electrons. The van der Waals surface area contributed by atoms with Gasteiger partial charge in [-0.15, -0.1) is 0 Å². The van der Waals surface area contributed by atoms with Crippen molar-refractivity contribution >= 4 is 17.5 Å². The van der Waals surface area contributed by atoms with Crippen LogP contribution in [0.2, 0.25) is 0 Å². The van der Waals surface area contributed by atoms with Crippen molar-refractivity contribution < 1.29 is 19.1 Å². The zero-order valence-electron chi connectivity index (χ0n) is 20.1. The van der Waals surface area contributed by atoms with E-state index in [0.717, 1.165) is 13.1 Å². The molecule has 2 heterocycles. The fourth-order valence-corrected chi connectivity index (χ4v) is 4.07. The van der Waals surface area contributed by atoms with Gasteiger partial charge in [-0.3, -0.25) is 19.5 Å². The van der Waals surface area contributed by atoms with Crippen molar-refractivity contribution in [2.75, 3.05) is 39.2 Å². The third-order valence-electron chi connectivity index (χ3n) is 6.03. The number of hydrogen-bond acceptors (Lipinski definition) is 6. The van der Waals surface area contributed by atoms with E-state index >= 15 is 0 Å². The number of anilines is 1. The lowest BCUT2D eigenvalue weighted by Crippen LogP contribution is -2.46. The van der Waals surface area contributed by atoms with E-state index in [1.54, 1.807) is 49.7 Å². The zero-order valence-corrected chi connectivity index (χ0v) is 20.1. The second-order valence-corrected chi connectivity index (χ2v) is 8.77. The fraction of sp³-hybridized carbons (Fsp3) is 0.480. The SMILES string of the molecule is CO[C@@H]1CN(C)C(=O)c2ccc(NC(C)=O)cc2OC[C@@H](C)N(Cc2ccncc2)C[C@H]1C. The van der Waals surface area contributed by atoms with Crippen molar-refractivity contribution in [1.29, 1.82) is 0 Å². The number of hydrogen-bond donors (Lipinski definition) is 1. The number of nitrogens with zero attached hydrogens (tertiary/aromatic N) is 3. The van der Waals surface area contributed by atoms with Crippen molar-refractivity contribution in [1.82, 2.24) is 14.8 Å². The zero-order chi connectivity index (χ0) is 24.0. The lowest BCUT2D eigenvalue weighted by molar-refractivity contribution is -0.114. The van der Waals surface area contributed by atoms with Gasteiger partial charge < -0.3 is 19.7 Å². The third-order valence-corrected chi connectivity index (χ3v) is 6.03. The van der Waals surface area contributed by atoms with Crippen LogP contribution in [0.3, 0.4) is 0 Å². The first-order chi connectivity index (χ1) is 15.8. The quantitative estimate of drug-likeness (QED) is 0.765. The normalized spacial score (nSPS) is 22.5. The van der Waals surface area contributed by atoms with Gasteiger partial charge in [-0.05, 0) is 42.7 Å². The van der Waals surface area contributed by atoms with E-state index in [4.69, 9.17) is 9.47 Å². The Bertz CT molecular complexity index is 953. The van der Waals surface area contributed by atoms with Gasteiger partial charge in [0, 0.05) is 70.9 Å². The molecule has 0 saturated carbocycles. The summed E-state index contributed by atoms with van der Waals surface area (Å²) in [5.41, 5.74) is 2.22. The Morgan fingerprint density at radius 2 is 1.94 bits per heavy atom. The molecular formula is C25H34N4O4. The number of fused-ring (bicyclic) bond motifs is 1. The van der Waals surface area contributed by atoms with E-state index in [9.17, 15) is 9.59 Å². The molecule has 2 amide bonds. The highest BCUT2D eigenvalue weighted by atomic mass is 16.5. The minimum absolute atomic E-state index is 0.0719. The molecule has 1 aliphatic heterocycles. The summed E-state index contributed by atoms with van der Waals surface area (Å²) in [5, 5.41) is 2.76. The summed E-state index contributed by atoms with van der Waals surface area (Å²) in [4.78, 5) is 32.9. The molecule has 178 valence electrons. The minimum Gasteiger partial charge on any atom is -0.491 e. The van der Waals surface area contributed by atoms with Crippen LogP contribution in [0.15, 0.2) is 42.7 Å². The molecule has 1 aliphatic rings. The molecule has 0 spiro atoms. The van der Waals surface area contributed by atoms with E-state index in [0.29, 0.717) is 30.2 Å². The molecule has 0 saturated heterocycles. The van der Waals surface area contributed by atoms with Gasteiger partial charge in [0.2, 0.25) is 5.91 Å². The number of methoxy groups -OCH3 is 1. The number of aromatic nitrogens is 1. The van der Waals surface area contributed by atoms with Gasteiger partial charge >= 0.3 is 0 Å². The smallest absolute Gasteiger partial charge is 0.257 e. The predicted molar refractivity (Wildman–Crippen MR) is 127 cm³/mol. The van der Waals surface area contributed by atoms with Gasteiger partial charge in [-0.1, -0.05) is 6.92 Å². The molecule has 1 N–H and O–H groups in total. The van der Waals surface area contributed by atoms with Gasteiger partial charge in [-0.25, -0.2) is 0 Å². The van der Waals surface area contributed by atoms with Gasteiger partial charge in [0.05, 0.1) is 11.7 Å². The number of nitrogens with one attached hydrogen (secondary N) is 1. The van der Waals surface area contributed by atoms with Crippen LogP contribution in [0.1, 0.15) is 36.7 Å². The minimum atomic E-state index is -0.180. The second-order valence-electron chi connectivity index (χ2n) is 8.77. The highest BCUT2D eigenvalue weighted by molar-refractivity contribution is 5.98. The molecule has 33 heavy (non-hydrogen) atoms. The molecule has 8 heteroatoms. The molecule has 3 atom stereocenters. The predicted octanol–water partition coefficient (Wildman–Crippen LogP) is 3.05. The van der Waals surface area contributed by atoms with Crippen LogP contribution in [0.4, 0.5) is 5.69 Å². The van der Waals surface area contributed by atoms with Crippen LogP contribution < -0.4 is 10.1 Å². The first-order valence-electron chi connectivity index (χ1n) is 11.2. The van der Waals surface area contributed by atoms with Gasteiger partial charge in [-0.2, -0.15) is 0 Å². The molecule has 0 bridgehead atoms. The number of carbonyl (C=O) groups excluding carboxylic acids is 2. The average molecular weight is 455 g/mol. The number of amides is 2. The molecule has 8 nitrogen and oxygen atoms in total. The van der Waals surface area contributed by atoms with Crippen molar-refractivity contribution in [2.24, 2.45) is 5.92 Å². The standard InChI is InChI=1S/C25H34N4O4/c1-17-13-29(14-20-8-10-26-11-9-20)18(2)16-33-23-12-21(27-19(3)30)6-7-22(23)25(31)28(4)15-24(17)32-5/h6-12,17-18,24H,13-16H2,1-5H3,(H,27,30)/t17-,18-,24-/m1/s1. The van der Waals surface area contributed by atoms with Crippen molar-refractivity contribution in [3.8, 4) is 5.75 Å². The Kier molecular flexibility index (Phi) is 8.41. The number of likely N-dealkylation sites (N-methyl/N-ethyl adjacent to an activating group) is 1. The molecule has 0 fully saturated rings. The molecule has 0 unspecified atom stereocenters. The summed E-state index contributed by atoms with van der Waals surface area (Å²) in [6, 6.07) is 9.24. The van der Waals surface area contributed by atoms with Crippen LogP contribution >= 0.6 is 0 Å². The number of carbonyl (C=O) groups is 2. The highest BCUT2D eigenvalue weighted by Crippen LogP contribution is 2.27. The molecule has 1 aromatic heterocycles. The number of rotatable bonds is 4. The van der Waals surface area contributed by atoms with Crippen molar-refractivity contribution in [2.45, 2.75) is 39.5 Å². The summed E-state index contributed by atoms with van der Waals surface area (Å²) >= 11 is 0. The molecule has 2 aromatic rings. The van der Waals surface area contributed by atoms with Gasteiger partial charge in [0.25, 0.3) is 5.91 Å². The lowest BCUT2D eigenvalue weighted by atomic mass is 10.0. The van der Waals surface area contributed by atoms with E-state index in [-0.39, 0.29) is 29.9 Å². The first kappa shape index (κ1) is 24.7. The summed E-state index contributed by atoms with van der Waals surface area (Å²) in [6.45, 7) is 8.10. The maximum atomic E-state index is 13.2. The summed E-state index contributed by atoms with van der Waals surface area (Å²) in [5.74, 6) is 0.322. The Hall–Kier alpha value is -2.97. The van der Waals surface area contributed by atoms with Crippen molar-refractivity contribution in [3.05, 3.63) is 53.9 Å². The lowest BCUT2D eigenvalue weighted by Gasteiger charge is -2.36. The second kappa shape index (κ2) is 11.2. The van der Waals surface area contributed by atoms with Crippen molar-refractivity contribution in [3.63, 3.8) is 0 Å². The Balaban J connectivity index is 1.94. The maximum Gasteiger partial charge on any atom is 0.257 e. The third kappa shape index (κ3) is 6.52. The van der Waals surface area contributed by atoms with Crippen LogP contribution in [-0.2, 0) is 16.1 Å². The average Bonchev–Trinajstić information content (AvgIpc) is 2.79. The molecular weight excluding hydrogens is 420 g/mol. The molecule has 0 aliphatic carbocycles. The topological polar surface area (TPSA) is 84.0 Å². The monoisotopic (exact) mass is 454 g/mol. The Morgan fingerprint density at radius 3 is 2.61 bits per heavy atom. The fourth-order valence-electron chi connectivity index (χ4n) is 4.07. The maximum absolute atomic E-state index is 13.2. The summed E-state index contributed by atoms with van der Waals surface area (Å²) in [7, 11) is 3.47. The van der Waals surface area contributed by atoms with Gasteiger partial charge in [0.1, 0.15) is 12.4 Å². The van der Waals surface area contributed by atoms with Crippen LogP contribution in [-0.4, -0.2) is 72.6 Å². The van der Waals surface area contributed by atoms with E-state index < -0.39 is 0 Å². The van der Waals surface area contributed by atoms with Crippen LogP contribution in [0.25, 0.3) is 0 Å². The number of benzene rings is 1. The number of ether oxygens (including phenoxy) is 2. The largest absolute Gasteiger partial charge is 0.491 e. The Morgan fingerprint density at radius 1 is 1.21 bits per heavy atom. The van der Waals surface area contributed by atoms with E-state index in [1.165, 1.54) is 12.5 Å². The summed E-state index contributed by atoms with van der Waals surface area (Å²) in [6.07, 6.45) is 3.48. The Labute approximate surface area is 195 Å². The summed E-state index contributed by atoms with van der Waals surface area (Å²) < 4.78 is 12.0. The van der Waals surface area contributed by atoms with Gasteiger partial charge in [0.15, 0.2) is 0 Å². The van der Waals surface area contributed by atoms with E-state index in [2.05, 4.69) is 29.0 Å². The van der Waals surface area contributed by atoms with Crippen LogP contribution in [0.5, 0.6) is 5.75 Å².